The van der Waals surface area contributed by atoms with Gasteiger partial charge in [-0.15, -0.1) is 0 Å². The Morgan fingerprint density at radius 3 is 2.53 bits per heavy atom. The zero-order valence-corrected chi connectivity index (χ0v) is 10.7. The number of ether oxygens (including phenoxy) is 1. The fraction of sp³-hybridized carbons (Fsp3) is 0.500. The van der Waals surface area contributed by atoms with Crippen molar-refractivity contribution in [2.24, 2.45) is 0 Å². The van der Waals surface area contributed by atoms with Crippen LogP contribution in [0.3, 0.4) is 0 Å². The van der Waals surface area contributed by atoms with E-state index >= 15 is 0 Å². The number of unbranched alkanes of at least 4 members (excludes halogenated alkanes) is 2. The summed E-state index contributed by atoms with van der Waals surface area (Å²) < 4.78 is 4.15. The first-order valence-corrected chi connectivity index (χ1v) is 6.07. The lowest BCUT2D eigenvalue weighted by molar-refractivity contribution is -0.128. The molecule has 17 heavy (non-hydrogen) atoms. The SMILES string of the molecule is CCCCCc1cccc(O)c1.CCOC=O. The number of phenols is 1. The van der Waals surface area contributed by atoms with E-state index in [2.05, 4.69) is 17.7 Å². The molecule has 96 valence electrons. The molecule has 1 N–H and O–H groups in total. The summed E-state index contributed by atoms with van der Waals surface area (Å²) in [4.78, 5) is 9.18. The lowest BCUT2D eigenvalue weighted by atomic mass is 10.1. The molecule has 0 aliphatic heterocycles. The standard InChI is InChI=1S/C11H16O.C3H6O2/c1-2-3-4-6-10-7-5-8-11(12)9-10;1-2-5-3-4/h5,7-9,12H,2-4,6H2,1H3;3H,2H2,1H3. The molecule has 0 fully saturated rings. The lowest BCUT2D eigenvalue weighted by Gasteiger charge is -2.00. The molecule has 0 spiro atoms. The second kappa shape index (κ2) is 11.0. The Hall–Kier alpha value is -1.51. The van der Waals surface area contributed by atoms with E-state index in [4.69, 9.17) is 5.11 Å². The molecule has 0 atom stereocenters. The first-order valence-electron chi connectivity index (χ1n) is 6.07. The van der Waals surface area contributed by atoms with E-state index in [-0.39, 0.29) is 0 Å². The Kier molecular flexibility index (Phi) is 10.0. The van der Waals surface area contributed by atoms with Crippen LogP contribution in [0.2, 0.25) is 0 Å². The minimum atomic E-state index is 0.379. The van der Waals surface area contributed by atoms with E-state index in [1.165, 1.54) is 24.8 Å². The van der Waals surface area contributed by atoms with Crippen LogP contribution in [-0.2, 0) is 16.0 Å². The second-order valence-corrected chi connectivity index (χ2v) is 3.68. The van der Waals surface area contributed by atoms with E-state index in [0.717, 1.165) is 6.42 Å². The van der Waals surface area contributed by atoms with Crippen LogP contribution in [-0.4, -0.2) is 18.2 Å². The number of aromatic hydroxyl groups is 1. The van der Waals surface area contributed by atoms with E-state index in [9.17, 15) is 4.79 Å². The van der Waals surface area contributed by atoms with Crippen LogP contribution in [0, 0.1) is 0 Å². The Morgan fingerprint density at radius 2 is 2.06 bits per heavy atom. The number of hydrogen-bond donors (Lipinski definition) is 1. The average molecular weight is 238 g/mol. The minimum absolute atomic E-state index is 0.379. The van der Waals surface area contributed by atoms with Crippen molar-refractivity contribution in [2.75, 3.05) is 6.61 Å². The summed E-state index contributed by atoms with van der Waals surface area (Å²) in [5, 5.41) is 9.17. The maximum absolute atomic E-state index is 9.18. The Bertz CT molecular complexity index is 297. The number of hydrogen-bond acceptors (Lipinski definition) is 3. The van der Waals surface area contributed by atoms with Gasteiger partial charge in [0.15, 0.2) is 0 Å². The molecule has 0 aliphatic carbocycles. The third kappa shape index (κ3) is 9.42. The Morgan fingerprint density at radius 1 is 1.29 bits per heavy atom. The first-order chi connectivity index (χ1) is 8.24. The Labute approximate surface area is 103 Å². The maximum atomic E-state index is 9.18. The number of benzene rings is 1. The average Bonchev–Trinajstić information content (AvgIpc) is 2.31. The van der Waals surface area contributed by atoms with Crippen LogP contribution in [0.5, 0.6) is 5.75 Å². The summed E-state index contributed by atoms with van der Waals surface area (Å²) in [5.41, 5.74) is 1.24. The molecule has 1 rings (SSSR count). The normalized spacial score (nSPS) is 9.06. The molecule has 3 nitrogen and oxygen atoms in total. The van der Waals surface area contributed by atoms with Gasteiger partial charge in [0, 0.05) is 0 Å². The lowest BCUT2D eigenvalue weighted by Crippen LogP contribution is -1.84. The summed E-state index contributed by atoms with van der Waals surface area (Å²) in [5.74, 6) is 0.379. The molecule has 0 heterocycles. The number of phenolic OH excluding ortho intramolecular Hbond substituents is 1. The highest BCUT2D eigenvalue weighted by atomic mass is 16.5. The van der Waals surface area contributed by atoms with Gasteiger partial charge in [-0.05, 0) is 37.5 Å². The highest BCUT2D eigenvalue weighted by molar-refractivity contribution is 5.36. The van der Waals surface area contributed by atoms with Crippen molar-refractivity contribution >= 4 is 6.47 Å². The van der Waals surface area contributed by atoms with Gasteiger partial charge >= 0.3 is 0 Å². The van der Waals surface area contributed by atoms with Crippen molar-refractivity contribution in [2.45, 2.75) is 39.5 Å². The van der Waals surface area contributed by atoms with E-state index < -0.39 is 0 Å². The molecular weight excluding hydrogens is 216 g/mol. The monoisotopic (exact) mass is 238 g/mol. The number of carbonyl (C=O) groups excluding carboxylic acids is 1. The van der Waals surface area contributed by atoms with Crippen molar-refractivity contribution in [3.63, 3.8) is 0 Å². The zero-order valence-electron chi connectivity index (χ0n) is 10.7. The van der Waals surface area contributed by atoms with Gasteiger partial charge in [0.2, 0.25) is 0 Å². The van der Waals surface area contributed by atoms with Gasteiger partial charge in [0.25, 0.3) is 6.47 Å². The van der Waals surface area contributed by atoms with Gasteiger partial charge in [-0.3, -0.25) is 4.79 Å². The highest BCUT2D eigenvalue weighted by Gasteiger charge is 1.93. The van der Waals surface area contributed by atoms with E-state index in [1.807, 2.05) is 12.1 Å². The summed E-state index contributed by atoms with van der Waals surface area (Å²) in [7, 11) is 0. The van der Waals surface area contributed by atoms with Crippen LogP contribution < -0.4 is 0 Å². The molecule has 0 unspecified atom stereocenters. The third-order valence-corrected chi connectivity index (χ3v) is 2.21. The smallest absolute Gasteiger partial charge is 0.293 e. The molecule has 0 saturated heterocycles. The molecule has 3 heteroatoms. The summed E-state index contributed by atoms with van der Waals surface area (Å²) in [6.45, 7) is 4.86. The largest absolute Gasteiger partial charge is 0.508 e. The van der Waals surface area contributed by atoms with Gasteiger partial charge in [-0.25, -0.2) is 0 Å². The fourth-order valence-corrected chi connectivity index (χ4v) is 1.36. The van der Waals surface area contributed by atoms with Gasteiger partial charge < -0.3 is 9.84 Å². The molecule has 0 saturated carbocycles. The van der Waals surface area contributed by atoms with Crippen LogP contribution in [0.4, 0.5) is 0 Å². The predicted molar refractivity (Wildman–Crippen MR) is 69.0 cm³/mol. The number of rotatable bonds is 6. The quantitative estimate of drug-likeness (QED) is 0.611. The molecule has 0 bridgehead atoms. The topological polar surface area (TPSA) is 46.5 Å². The third-order valence-electron chi connectivity index (χ3n) is 2.21. The van der Waals surface area contributed by atoms with Crippen LogP contribution in [0.1, 0.15) is 38.7 Å². The van der Waals surface area contributed by atoms with Crippen LogP contribution in [0.25, 0.3) is 0 Å². The van der Waals surface area contributed by atoms with Gasteiger partial charge in [-0.1, -0.05) is 31.9 Å². The van der Waals surface area contributed by atoms with Crippen molar-refractivity contribution < 1.29 is 14.6 Å². The van der Waals surface area contributed by atoms with Gasteiger partial charge in [0.05, 0.1) is 6.61 Å². The first kappa shape index (κ1) is 15.5. The fourth-order valence-electron chi connectivity index (χ4n) is 1.36. The maximum Gasteiger partial charge on any atom is 0.293 e. The Balaban J connectivity index is 0.000000437. The summed E-state index contributed by atoms with van der Waals surface area (Å²) in [6, 6.07) is 7.52. The van der Waals surface area contributed by atoms with Gasteiger partial charge in [0.1, 0.15) is 5.75 Å². The summed E-state index contributed by atoms with van der Waals surface area (Å²) >= 11 is 0. The summed E-state index contributed by atoms with van der Waals surface area (Å²) in [6.07, 6.45) is 4.83. The zero-order chi connectivity index (χ0) is 12.9. The van der Waals surface area contributed by atoms with Crippen molar-refractivity contribution in [3.05, 3.63) is 29.8 Å². The van der Waals surface area contributed by atoms with Crippen molar-refractivity contribution in [1.82, 2.24) is 0 Å². The van der Waals surface area contributed by atoms with Gasteiger partial charge in [-0.2, -0.15) is 0 Å². The van der Waals surface area contributed by atoms with Crippen LogP contribution >= 0.6 is 0 Å². The molecule has 0 aromatic heterocycles. The van der Waals surface area contributed by atoms with Crippen LogP contribution in [0.15, 0.2) is 24.3 Å². The van der Waals surface area contributed by atoms with E-state index in [0.29, 0.717) is 18.8 Å². The number of aryl methyl sites for hydroxylation is 1. The molecule has 0 amide bonds. The highest BCUT2D eigenvalue weighted by Crippen LogP contribution is 2.13. The molecule has 1 aromatic rings. The molecule has 1 aromatic carbocycles. The molecular formula is C14H22O3. The minimum Gasteiger partial charge on any atom is -0.508 e. The predicted octanol–water partition coefficient (Wildman–Crippen LogP) is 3.30. The number of carbonyl (C=O) groups is 1. The van der Waals surface area contributed by atoms with E-state index in [1.54, 1.807) is 13.0 Å². The molecule has 0 aliphatic rings. The molecule has 0 radical (unpaired) electrons. The second-order valence-electron chi connectivity index (χ2n) is 3.68. The van der Waals surface area contributed by atoms with Crippen molar-refractivity contribution in [3.8, 4) is 5.75 Å². The van der Waals surface area contributed by atoms with Crippen molar-refractivity contribution in [1.29, 1.82) is 0 Å².